The highest BCUT2D eigenvalue weighted by molar-refractivity contribution is 14.1. The average molecular weight is 460 g/mol. The van der Waals surface area contributed by atoms with Crippen molar-refractivity contribution in [2.75, 3.05) is 19.5 Å². The van der Waals surface area contributed by atoms with Crippen molar-refractivity contribution < 1.29 is 17.9 Å². The lowest BCUT2D eigenvalue weighted by molar-refractivity contribution is 0.102. The Kier molecular flexibility index (Phi) is 5.83. The van der Waals surface area contributed by atoms with Crippen molar-refractivity contribution in [1.29, 1.82) is 0 Å². The summed E-state index contributed by atoms with van der Waals surface area (Å²) in [6, 6.07) is 9.91. The summed E-state index contributed by atoms with van der Waals surface area (Å²) >= 11 is 2.19. The highest BCUT2D eigenvalue weighted by Crippen LogP contribution is 2.25. The minimum Gasteiger partial charge on any atom is -0.495 e. The van der Waals surface area contributed by atoms with E-state index in [4.69, 9.17) is 4.74 Å². The van der Waals surface area contributed by atoms with Gasteiger partial charge >= 0.3 is 0 Å². The molecule has 0 unspecified atom stereocenters. The molecular formula is C16H17IN2O4S. The van der Waals surface area contributed by atoms with Crippen LogP contribution < -0.4 is 14.8 Å². The molecular weight excluding hydrogens is 443 g/mol. The highest BCUT2D eigenvalue weighted by Gasteiger charge is 2.20. The number of halogens is 1. The maximum atomic E-state index is 12.4. The van der Waals surface area contributed by atoms with E-state index in [1.54, 1.807) is 0 Å². The number of methoxy groups -OCH3 is 1. The fraction of sp³-hybridized carbons (Fsp3) is 0.188. The maximum absolute atomic E-state index is 12.4. The van der Waals surface area contributed by atoms with Gasteiger partial charge in [-0.3, -0.25) is 4.79 Å². The summed E-state index contributed by atoms with van der Waals surface area (Å²) in [5.41, 5.74) is 1.82. The third-order valence-electron chi connectivity index (χ3n) is 3.42. The number of carbonyl (C=O) groups is 1. The smallest absolute Gasteiger partial charge is 0.255 e. The van der Waals surface area contributed by atoms with E-state index in [2.05, 4.69) is 32.6 Å². The lowest BCUT2D eigenvalue weighted by atomic mass is 10.1. The molecule has 2 aromatic carbocycles. The molecule has 0 aliphatic rings. The summed E-state index contributed by atoms with van der Waals surface area (Å²) in [4.78, 5) is 12.4. The Balaban J connectivity index is 2.38. The van der Waals surface area contributed by atoms with Gasteiger partial charge in [0.05, 0.1) is 7.11 Å². The van der Waals surface area contributed by atoms with E-state index in [0.29, 0.717) is 5.69 Å². The van der Waals surface area contributed by atoms with Gasteiger partial charge in [-0.25, -0.2) is 13.1 Å². The predicted octanol–water partition coefficient (Wildman–Crippen LogP) is 2.77. The monoisotopic (exact) mass is 460 g/mol. The Bertz CT molecular complexity index is 882. The normalized spacial score (nSPS) is 11.2. The van der Waals surface area contributed by atoms with Crippen molar-refractivity contribution >= 4 is 44.2 Å². The fourth-order valence-corrected chi connectivity index (χ4v) is 3.66. The minimum absolute atomic E-state index is 0.0838. The summed E-state index contributed by atoms with van der Waals surface area (Å²) in [5, 5.41) is 2.79. The molecule has 0 aromatic heterocycles. The molecule has 0 fully saturated rings. The van der Waals surface area contributed by atoms with Gasteiger partial charge in [-0.2, -0.15) is 0 Å². The number of hydrogen-bond donors (Lipinski definition) is 2. The summed E-state index contributed by atoms with van der Waals surface area (Å²) < 4.78 is 32.5. The molecule has 0 aliphatic heterocycles. The van der Waals surface area contributed by atoms with Crippen LogP contribution in [-0.4, -0.2) is 28.5 Å². The van der Waals surface area contributed by atoms with Crippen molar-refractivity contribution in [2.24, 2.45) is 0 Å². The van der Waals surface area contributed by atoms with Gasteiger partial charge in [-0.05, 0) is 78.5 Å². The van der Waals surface area contributed by atoms with Crippen LogP contribution in [0.2, 0.25) is 0 Å². The molecule has 0 saturated carbocycles. The molecule has 8 heteroatoms. The van der Waals surface area contributed by atoms with Crippen molar-refractivity contribution in [3.63, 3.8) is 0 Å². The zero-order chi connectivity index (χ0) is 17.9. The van der Waals surface area contributed by atoms with Crippen LogP contribution in [0.15, 0.2) is 41.3 Å². The van der Waals surface area contributed by atoms with Crippen LogP contribution in [0.5, 0.6) is 5.75 Å². The second kappa shape index (κ2) is 7.49. The molecule has 2 aromatic rings. The summed E-state index contributed by atoms with van der Waals surface area (Å²) in [5.74, 6) is -0.221. The maximum Gasteiger partial charge on any atom is 0.255 e. The molecule has 0 aliphatic carbocycles. The molecule has 0 saturated heterocycles. The number of aryl methyl sites for hydroxylation is 1. The highest BCUT2D eigenvalue weighted by atomic mass is 127. The van der Waals surface area contributed by atoms with Gasteiger partial charge in [0.25, 0.3) is 5.91 Å². The molecule has 1 amide bonds. The topological polar surface area (TPSA) is 84.5 Å². The van der Waals surface area contributed by atoms with E-state index in [-0.39, 0.29) is 16.2 Å². The van der Waals surface area contributed by atoms with Crippen LogP contribution >= 0.6 is 22.6 Å². The number of amides is 1. The van der Waals surface area contributed by atoms with Crippen LogP contribution in [0.3, 0.4) is 0 Å². The fourth-order valence-electron chi connectivity index (χ4n) is 2.10. The zero-order valence-electron chi connectivity index (χ0n) is 13.4. The Hall–Kier alpha value is -1.65. The van der Waals surface area contributed by atoms with Crippen molar-refractivity contribution in [3.05, 3.63) is 51.1 Å². The van der Waals surface area contributed by atoms with Gasteiger partial charge < -0.3 is 10.1 Å². The first-order valence-corrected chi connectivity index (χ1v) is 9.54. The van der Waals surface area contributed by atoms with Crippen LogP contribution in [0.4, 0.5) is 5.69 Å². The largest absolute Gasteiger partial charge is 0.495 e. The van der Waals surface area contributed by atoms with Crippen molar-refractivity contribution in [3.8, 4) is 5.75 Å². The quantitative estimate of drug-likeness (QED) is 0.673. The lowest BCUT2D eigenvalue weighted by Crippen LogP contribution is -2.20. The molecule has 0 radical (unpaired) electrons. The van der Waals surface area contributed by atoms with Crippen LogP contribution in [0.1, 0.15) is 15.9 Å². The molecule has 0 spiro atoms. The molecule has 6 nitrogen and oxygen atoms in total. The first-order valence-electron chi connectivity index (χ1n) is 6.97. The van der Waals surface area contributed by atoms with Crippen LogP contribution in [0, 0.1) is 10.5 Å². The molecule has 2 N–H and O–H groups in total. The number of nitrogens with one attached hydrogen (secondary N) is 2. The van der Waals surface area contributed by atoms with E-state index < -0.39 is 15.9 Å². The van der Waals surface area contributed by atoms with Crippen LogP contribution in [-0.2, 0) is 10.0 Å². The SMILES string of the molecule is CNS(=O)(=O)c1cc(C(=O)Nc2ccc(I)cc2C)ccc1OC. The number of rotatable bonds is 5. The number of hydrogen-bond acceptors (Lipinski definition) is 4. The summed E-state index contributed by atoms with van der Waals surface area (Å²) in [6.45, 7) is 1.89. The molecule has 2 rings (SSSR count). The second-order valence-corrected chi connectivity index (χ2v) is 8.09. The van der Waals surface area contributed by atoms with Crippen molar-refractivity contribution in [1.82, 2.24) is 4.72 Å². The average Bonchev–Trinajstić information content (AvgIpc) is 2.56. The van der Waals surface area contributed by atoms with Gasteiger partial charge in [0.1, 0.15) is 10.6 Å². The van der Waals surface area contributed by atoms with E-state index >= 15 is 0 Å². The van der Waals surface area contributed by atoms with Gasteiger partial charge in [0, 0.05) is 14.8 Å². The minimum atomic E-state index is -3.74. The molecule has 0 bridgehead atoms. The molecule has 0 heterocycles. The first kappa shape index (κ1) is 18.7. The van der Waals surface area contributed by atoms with E-state index in [9.17, 15) is 13.2 Å². The summed E-state index contributed by atoms with van der Waals surface area (Å²) in [6.07, 6.45) is 0. The Morgan fingerprint density at radius 3 is 2.46 bits per heavy atom. The molecule has 24 heavy (non-hydrogen) atoms. The van der Waals surface area contributed by atoms with Crippen molar-refractivity contribution in [2.45, 2.75) is 11.8 Å². The zero-order valence-corrected chi connectivity index (χ0v) is 16.4. The Labute approximate surface area is 154 Å². The van der Waals surface area contributed by atoms with Gasteiger partial charge in [0.2, 0.25) is 10.0 Å². The van der Waals surface area contributed by atoms with E-state index in [1.807, 2.05) is 25.1 Å². The Morgan fingerprint density at radius 2 is 1.88 bits per heavy atom. The summed E-state index contributed by atoms with van der Waals surface area (Å²) in [7, 11) is -1.06. The standard InChI is InChI=1S/C16H17IN2O4S/c1-10-8-12(17)5-6-13(10)19-16(20)11-4-7-14(23-3)15(9-11)24(21,22)18-2/h4-9,18H,1-3H3,(H,19,20). The van der Waals surface area contributed by atoms with E-state index in [1.165, 1.54) is 32.4 Å². The molecule has 128 valence electrons. The number of benzene rings is 2. The number of anilines is 1. The third-order valence-corrected chi connectivity index (χ3v) is 5.53. The number of carbonyl (C=O) groups excluding carboxylic acids is 1. The van der Waals surface area contributed by atoms with Crippen LogP contribution in [0.25, 0.3) is 0 Å². The lowest BCUT2D eigenvalue weighted by Gasteiger charge is -2.12. The van der Waals surface area contributed by atoms with Gasteiger partial charge in [-0.15, -0.1) is 0 Å². The third kappa shape index (κ3) is 4.05. The van der Waals surface area contributed by atoms with Gasteiger partial charge in [-0.1, -0.05) is 0 Å². The predicted molar refractivity (Wildman–Crippen MR) is 101 cm³/mol. The van der Waals surface area contributed by atoms with E-state index in [0.717, 1.165) is 9.13 Å². The second-order valence-electron chi connectivity index (χ2n) is 4.99. The number of sulfonamides is 1. The number of ether oxygens (including phenoxy) is 1. The molecule has 0 atom stereocenters. The first-order chi connectivity index (χ1) is 11.3. The Morgan fingerprint density at radius 1 is 1.17 bits per heavy atom. The van der Waals surface area contributed by atoms with Gasteiger partial charge in [0.15, 0.2) is 0 Å².